The minimum atomic E-state index is -3.08. The van der Waals surface area contributed by atoms with E-state index in [2.05, 4.69) is 312 Å². The van der Waals surface area contributed by atoms with Crippen molar-refractivity contribution in [3.05, 3.63) is 303 Å². The molecular formula is C72H50N2Si. The summed E-state index contributed by atoms with van der Waals surface area (Å²) in [7, 11) is -3.08. The number of hydrogen-bond acceptors (Lipinski definition) is 0. The Kier molecular flexibility index (Phi) is 10.9. The second-order valence-corrected chi connectivity index (χ2v) is 23.4. The van der Waals surface area contributed by atoms with Crippen molar-refractivity contribution in [1.29, 1.82) is 0 Å². The van der Waals surface area contributed by atoms with Crippen molar-refractivity contribution in [2.75, 3.05) is 0 Å². The Labute approximate surface area is 438 Å². The minimum absolute atomic E-state index is 1.15. The van der Waals surface area contributed by atoms with Crippen LogP contribution in [-0.4, -0.2) is 17.2 Å². The third-order valence-corrected chi connectivity index (χ3v) is 20.2. The van der Waals surface area contributed by atoms with Crippen LogP contribution in [0.3, 0.4) is 0 Å². The highest BCUT2D eigenvalue weighted by Crippen LogP contribution is 2.43. The molecule has 0 fully saturated rings. The van der Waals surface area contributed by atoms with Crippen molar-refractivity contribution in [2.24, 2.45) is 0 Å². The third-order valence-electron chi connectivity index (χ3n) is 15.5. The van der Waals surface area contributed by atoms with E-state index in [0.717, 1.165) is 22.4 Å². The van der Waals surface area contributed by atoms with E-state index in [1.54, 1.807) is 0 Å². The molecule has 0 aliphatic rings. The number of hydrogen-bond donors (Lipinski definition) is 0. The summed E-state index contributed by atoms with van der Waals surface area (Å²) < 4.78 is 4.97. The Balaban J connectivity index is 1.05. The van der Waals surface area contributed by atoms with Gasteiger partial charge in [-0.3, -0.25) is 0 Å². The maximum Gasteiger partial charge on any atom is 0.179 e. The van der Waals surface area contributed by atoms with E-state index in [4.69, 9.17) is 0 Å². The average molecular weight is 971 g/mol. The van der Waals surface area contributed by atoms with Gasteiger partial charge < -0.3 is 9.13 Å². The van der Waals surface area contributed by atoms with E-state index in [1.807, 2.05) is 0 Å². The Morgan fingerprint density at radius 1 is 0.213 bits per heavy atom. The van der Waals surface area contributed by atoms with Crippen LogP contribution in [0.4, 0.5) is 0 Å². The molecule has 0 spiro atoms. The Morgan fingerprint density at radius 3 is 1.17 bits per heavy atom. The number of benzene rings is 12. The van der Waals surface area contributed by atoms with Gasteiger partial charge in [0.15, 0.2) is 8.07 Å². The molecule has 0 bridgehead atoms. The number of fused-ring (bicyclic) bond motifs is 6. The van der Waals surface area contributed by atoms with Crippen molar-refractivity contribution in [1.82, 2.24) is 9.13 Å². The molecule has 2 aromatic heterocycles. The predicted molar refractivity (Wildman–Crippen MR) is 320 cm³/mol. The molecule has 0 unspecified atom stereocenters. The summed E-state index contributed by atoms with van der Waals surface area (Å²) in [6.45, 7) is 0. The Bertz CT molecular complexity index is 4250. The van der Waals surface area contributed by atoms with Crippen LogP contribution in [-0.2, 0) is 0 Å². The van der Waals surface area contributed by atoms with Crippen molar-refractivity contribution >= 4 is 72.4 Å². The van der Waals surface area contributed by atoms with Crippen LogP contribution >= 0.6 is 0 Å². The fourth-order valence-electron chi connectivity index (χ4n) is 12.1. The van der Waals surface area contributed by atoms with Crippen molar-refractivity contribution < 1.29 is 0 Å². The summed E-state index contributed by atoms with van der Waals surface area (Å²) in [5.41, 5.74) is 16.5. The lowest BCUT2D eigenvalue weighted by atomic mass is 9.95. The highest BCUT2D eigenvalue weighted by Gasteiger charge is 2.42. The zero-order valence-corrected chi connectivity index (χ0v) is 42.3. The summed E-state index contributed by atoms with van der Waals surface area (Å²) in [4.78, 5) is 0. The summed E-state index contributed by atoms with van der Waals surface area (Å²) in [6.07, 6.45) is 0. The van der Waals surface area contributed by atoms with Gasteiger partial charge in [0.2, 0.25) is 0 Å². The molecule has 75 heavy (non-hydrogen) atoms. The molecule has 2 heterocycles. The minimum Gasteiger partial charge on any atom is -0.309 e. The monoisotopic (exact) mass is 970 g/mol. The summed E-state index contributed by atoms with van der Waals surface area (Å²) in [6, 6.07) is 113. The molecule has 0 atom stereocenters. The van der Waals surface area contributed by atoms with Gasteiger partial charge in [-0.15, -0.1) is 0 Å². The molecule has 0 N–H and O–H groups in total. The SMILES string of the molecule is c1ccc(-c2ccc([Si](c3ccccc3)(c3ccccc3)c3cc(-c4ccccc4)c(-n4c5ccccc5c5cc(-c6ccc7c8ccccc8n(-c8ccccc8)c7c6)ccc54)c(-c4ccccc4)c3)cc2)cc1. The molecular weight excluding hydrogens is 921 g/mol. The summed E-state index contributed by atoms with van der Waals surface area (Å²) in [5.74, 6) is 0. The van der Waals surface area contributed by atoms with E-state index in [9.17, 15) is 0 Å². The third kappa shape index (κ3) is 7.39. The van der Waals surface area contributed by atoms with E-state index >= 15 is 0 Å². The number of nitrogens with zero attached hydrogens (tertiary/aromatic N) is 2. The highest BCUT2D eigenvalue weighted by molar-refractivity contribution is 7.20. The van der Waals surface area contributed by atoms with Crippen LogP contribution in [0.15, 0.2) is 303 Å². The first-order chi connectivity index (χ1) is 37.2. The van der Waals surface area contributed by atoms with Crippen LogP contribution < -0.4 is 20.7 Å². The topological polar surface area (TPSA) is 9.86 Å². The van der Waals surface area contributed by atoms with Gasteiger partial charge in [-0.25, -0.2) is 0 Å². The molecule has 0 saturated carbocycles. The molecule has 0 amide bonds. The van der Waals surface area contributed by atoms with Gasteiger partial charge >= 0.3 is 0 Å². The average Bonchev–Trinajstić information content (AvgIpc) is 4.01. The van der Waals surface area contributed by atoms with E-state index in [-0.39, 0.29) is 0 Å². The first-order valence-electron chi connectivity index (χ1n) is 25.9. The van der Waals surface area contributed by atoms with Gasteiger partial charge in [0.05, 0.1) is 27.8 Å². The number of aromatic nitrogens is 2. The van der Waals surface area contributed by atoms with Gasteiger partial charge in [0.1, 0.15) is 0 Å². The number of rotatable bonds is 10. The van der Waals surface area contributed by atoms with E-state index in [1.165, 1.54) is 97.8 Å². The quantitative estimate of drug-likeness (QED) is 0.0955. The van der Waals surface area contributed by atoms with Crippen LogP contribution in [0.2, 0.25) is 0 Å². The summed E-state index contributed by atoms with van der Waals surface area (Å²) >= 11 is 0. The zero-order valence-electron chi connectivity index (χ0n) is 41.3. The fourth-order valence-corrected chi connectivity index (χ4v) is 16.9. The lowest BCUT2D eigenvalue weighted by molar-refractivity contribution is 1.18. The zero-order chi connectivity index (χ0) is 49.7. The van der Waals surface area contributed by atoms with Gasteiger partial charge in [0, 0.05) is 38.4 Å². The highest BCUT2D eigenvalue weighted by atomic mass is 28.3. The molecule has 0 saturated heterocycles. The first-order valence-corrected chi connectivity index (χ1v) is 27.9. The summed E-state index contributed by atoms with van der Waals surface area (Å²) in [5, 5.41) is 10.2. The smallest absolute Gasteiger partial charge is 0.179 e. The maximum absolute atomic E-state index is 3.08. The molecule has 3 heteroatoms. The molecule has 0 aliphatic carbocycles. The van der Waals surface area contributed by atoms with Crippen molar-refractivity contribution in [3.63, 3.8) is 0 Å². The molecule has 14 rings (SSSR count). The van der Waals surface area contributed by atoms with Gasteiger partial charge in [0.25, 0.3) is 0 Å². The molecule has 352 valence electrons. The first kappa shape index (κ1) is 44.2. The molecule has 12 aromatic carbocycles. The second kappa shape index (κ2) is 18.5. The Morgan fingerprint density at radius 2 is 0.600 bits per heavy atom. The standard InChI is InChI=1S/C72H50N2Si/c1-7-23-51(24-8-1)52-39-43-60(44-40-52)75(58-31-15-5-16-32-58,59-33-17-6-18-34-59)61-49-65(53-25-9-2-10-26-53)72(66(50-61)54-27-11-3-12-28-54)74-69-38-22-20-36-63(69)67-47-55(42-46-70(67)74)56-41-45-64-62-35-19-21-37-68(62)73(71(64)48-56)57-29-13-4-14-30-57/h1-50H. The van der Waals surface area contributed by atoms with Crippen LogP contribution in [0, 0.1) is 0 Å². The fraction of sp³-hybridized carbons (Fsp3) is 0. The second-order valence-electron chi connectivity index (χ2n) is 19.6. The molecule has 2 nitrogen and oxygen atoms in total. The maximum atomic E-state index is 2.56. The van der Waals surface area contributed by atoms with Gasteiger partial charge in [-0.2, -0.15) is 0 Å². The van der Waals surface area contributed by atoms with Crippen LogP contribution in [0.1, 0.15) is 0 Å². The van der Waals surface area contributed by atoms with Gasteiger partial charge in [-0.05, 0) is 96.6 Å². The lowest BCUT2D eigenvalue weighted by Gasteiger charge is -2.36. The van der Waals surface area contributed by atoms with E-state index < -0.39 is 8.07 Å². The van der Waals surface area contributed by atoms with E-state index in [0.29, 0.717) is 0 Å². The molecule has 0 aliphatic heterocycles. The largest absolute Gasteiger partial charge is 0.309 e. The normalized spacial score (nSPS) is 11.7. The van der Waals surface area contributed by atoms with Crippen LogP contribution in [0.5, 0.6) is 0 Å². The lowest BCUT2D eigenvalue weighted by Crippen LogP contribution is -2.74. The van der Waals surface area contributed by atoms with Crippen molar-refractivity contribution in [3.8, 4) is 55.9 Å². The number of para-hydroxylation sites is 3. The van der Waals surface area contributed by atoms with Crippen LogP contribution in [0.25, 0.3) is 99.5 Å². The molecule has 0 radical (unpaired) electrons. The van der Waals surface area contributed by atoms with Gasteiger partial charge in [-0.1, -0.05) is 261 Å². The molecule has 14 aromatic rings. The predicted octanol–water partition coefficient (Wildman–Crippen LogP) is 15.9. The Hall–Kier alpha value is -9.54. The van der Waals surface area contributed by atoms with Crippen molar-refractivity contribution in [2.45, 2.75) is 0 Å².